The standard InChI is InChI=1S/C13H16INO3/c1-9(2)7-15(8-12(16)17)13(18)10-5-3-4-6-11(10)14/h3-6,9H,7-8H2,1-2H3,(H,16,17). The third-order valence-corrected chi connectivity index (χ3v) is 3.24. The van der Waals surface area contributed by atoms with Crippen LogP contribution in [0, 0.1) is 9.49 Å². The maximum absolute atomic E-state index is 12.3. The van der Waals surface area contributed by atoms with E-state index in [4.69, 9.17) is 5.11 Å². The minimum absolute atomic E-state index is 0.226. The van der Waals surface area contributed by atoms with Crippen molar-refractivity contribution < 1.29 is 14.7 Å². The molecular weight excluding hydrogens is 345 g/mol. The molecular formula is C13H16INO3. The van der Waals surface area contributed by atoms with Crippen LogP contribution in [0.25, 0.3) is 0 Å². The van der Waals surface area contributed by atoms with Crippen molar-refractivity contribution in [2.75, 3.05) is 13.1 Å². The predicted molar refractivity (Wildman–Crippen MR) is 77.5 cm³/mol. The number of benzene rings is 1. The van der Waals surface area contributed by atoms with Gasteiger partial charge in [0.25, 0.3) is 5.91 Å². The molecule has 0 aliphatic heterocycles. The highest BCUT2D eigenvalue weighted by molar-refractivity contribution is 14.1. The van der Waals surface area contributed by atoms with Crippen molar-refractivity contribution >= 4 is 34.5 Å². The minimum Gasteiger partial charge on any atom is -0.480 e. The Morgan fingerprint density at radius 2 is 1.94 bits per heavy atom. The van der Waals surface area contributed by atoms with Crippen LogP contribution in [0.3, 0.4) is 0 Å². The largest absolute Gasteiger partial charge is 0.480 e. The summed E-state index contributed by atoms with van der Waals surface area (Å²) in [7, 11) is 0. The van der Waals surface area contributed by atoms with Crippen LogP contribution in [0.1, 0.15) is 24.2 Å². The third-order valence-electron chi connectivity index (χ3n) is 2.30. The van der Waals surface area contributed by atoms with E-state index in [9.17, 15) is 9.59 Å². The Labute approximate surface area is 120 Å². The second-order valence-corrected chi connectivity index (χ2v) is 5.62. The van der Waals surface area contributed by atoms with Gasteiger partial charge in [-0.2, -0.15) is 0 Å². The first-order valence-electron chi connectivity index (χ1n) is 5.67. The van der Waals surface area contributed by atoms with Gasteiger partial charge in [0, 0.05) is 10.1 Å². The lowest BCUT2D eigenvalue weighted by molar-refractivity contribution is -0.137. The molecule has 0 unspecified atom stereocenters. The van der Waals surface area contributed by atoms with Crippen molar-refractivity contribution in [3.8, 4) is 0 Å². The van der Waals surface area contributed by atoms with Crippen LogP contribution >= 0.6 is 22.6 Å². The van der Waals surface area contributed by atoms with Gasteiger partial charge in [0.05, 0.1) is 5.56 Å². The Morgan fingerprint density at radius 1 is 1.33 bits per heavy atom. The monoisotopic (exact) mass is 361 g/mol. The van der Waals surface area contributed by atoms with Crippen molar-refractivity contribution in [2.45, 2.75) is 13.8 Å². The van der Waals surface area contributed by atoms with E-state index in [0.717, 1.165) is 3.57 Å². The fourth-order valence-electron chi connectivity index (χ4n) is 1.63. The van der Waals surface area contributed by atoms with E-state index in [1.54, 1.807) is 12.1 Å². The number of hydrogen-bond acceptors (Lipinski definition) is 2. The molecule has 98 valence electrons. The van der Waals surface area contributed by atoms with Crippen molar-refractivity contribution in [2.24, 2.45) is 5.92 Å². The van der Waals surface area contributed by atoms with Crippen LogP contribution < -0.4 is 0 Å². The average Bonchev–Trinajstić information content (AvgIpc) is 2.26. The molecule has 0 fully saturated rings. The zero-order valence-electron chi connectivity index (χ0n) is 10.4. The summed E-state index contributed by atoms with van der Waals surface area (Å²) >= 11 is 2.08. The summed E-state index contributed by atoms with van der Waals surface area (Å²) in [6.45, 7) is 4.09. The molecule has 1 rings (SSSR count). The van der Waals surface area contributed by atoms with Crippen molar-refractivity contribution in [1.29, 1.82) is 0 Å². The summed E-state index contributed by atoms with van der Waals surface area (Å²) < 4.78 is 0.833. The van der Waals surface area contributed by atoms with Gasteiger partial charge in [-0.05, 0) is 40.6 Å². The van der Waals surface area contributed by atoms with Gasteiger partial charge >= 0.3 is 5.97 Å². The van der Waals surface area contributed by atoms with Gasteiger partial charge in [-0.3, -0.25) is 9.59 Å². The van der Waals surface area contributed by atoms with E-state index in [-0.39, 0.29) is 18.4 Å². The molecule has 0 aliphatic carbocycles. The molecule has 0 atom stereocenters. The number of hydrogen-bond donors (Lipinski definition) is 1. The van der Waals surface area contributed by atoms with E-state index in [2.05, 4.69) is 22.6 Å². The molecule has 18 heavy (non-hydrogen) atoms. The highest BCUT2D eigenvalue weighted by Gasteiger charge is 2.20. The number of carbonyl (C=O) groups excluding carboxylic acids is 1. The van der Waals surface area contributed by atoms with Crippen molar-refractivity contribution in [3.05, 3.63) is 33.4 Å². The normalized spacial score (nSPS) is 10.4. The van der Waals surface area contributed by atoms with Gasteiger partial charge in [0.15, 0.2) is 0 Å². The van der Waals surface area contributed by atoms with E-state index >= 15 is 0 Å². The molecule has 1 N–H and O–H groups in total. The molecule has 0 bridgehead atoms. The second-order valence-electron chi connectivity index (χ2n) is 4.45. The van der Waals surface area contributed by atoms with E-state index in [1.165, 1.54) is 4.90 Å². The van der Waals surface area contributed by atoms with Gasteiger partial charge in [0.1, 0.15) is 6.54 Å². The summed E-state index contributed by atoms with van der Waals surface area (Å²) in [4.78, 5) is 24.5. The van der Waals surface area contributed by atoms with E-state index < -0.39 is 5.97 Å². The molecule has 0 aromatic heterocycles. The fourth-order valence-corrected chi connectivity index (χ4v) is 2.25. The molecule has 0 saturated heterocycles. The Kier molecular flexibility index (Phi) is 5.58. The maximum atomic E-state index is 12.3. The summed E-state index contributed by atoms with van der Waals surface area (Å²) in [6.07, 6.45) is 0. The number of carbonyl (C=O) groups is 2. The lowest BCUT2D eigenvalue weighted by atomic mass is 10.1. The number of carboxylic acids is 1. The van der Waals surface area contributed by atoms with E-state index in [0.29, 0.717) is 12.1 Å². The van der Waals surface area contributed by atoms with Crippen LogP contribution in [-0.2, 0) is 4.79 Å². The quantitative estimate of drug-likeness (QED) is 0.820. The highest BCUT2D eigenvalue weighted by Crippen LogP contribution is 2.15. The van der Waals surface area contributed by atoms with Crippen LogP contribution in [0.15, 0.2) is 24.3 Å². The molecule has 0 spiro atoms. The number of carboxylic acid groups (broad SMARTS) is 1. The summed E-state index contributed by atoms with van der Waals surface area (Å²) in [5, 5.41) is 8.87. The molecule has 0 saturated carbocycles. The Morgan fingerprint density at radius 3 is 2.44 bits per heavy atom. The first-order valence-corrected chi connectivity index (χ1v) is 6.75. The Balaban J connectivity index is 2.95. The lowest BCUT2D eigenvalue weighted by Crippen LogP contribution is -2.38. The van der Waals surface area contributed by atoms with Crippen molar-refractivity contribution in [1.82, 2.24) is 4.90 Å². The molecule has 5 heteroatoms. The highest BCUT2D eigenvalue weighted by atomic mass is 127. The molecule has 1 aromatic carbocycles. The molecule has 1 amide bonds. The maximum Gasteiger partial charge on any atom is 0.323 e. The van der Waals surface area contributed by atoms with Crippen LogP contribution in [-0.4, -0.2) is 35.0 Å². The van der Waals surface area contributed by atoms with Crippen LogP contribution in [0.5, 0.6) is 0 Å². The van der Waals surface area contributed by atoms with Gasteiger partial charge in [-0.1, -0.05) is 26.0 Å². The minimum atomic E-state index is -0.991. The number of amides is 1. The van der Waals surface area contributed by atoms with Gasteiger partial charge < -0.3 is 10.0 Å². The molecule has 0 aliphatic rings. The third kappa shape index (κ3) is 4.29. The van der Waals surface area contributed by atoms with Gasteiger partial charge in [-0.15, -0.1) is 0 Å². The lowest BCUT2D eigenvalue weighted by Gasteiger charge is -2.23. The SMILES string of the molecule is CC(C)CN(CC(=O)O)C(=O)c1ccccc1I. The second kappa shape index (κ2) is 6.72. The average molecular weight is 361 g/mol. The van der Waals surface area contributed by atoms with E-state index in [1.807, 2.05) is 26.0 Å². The Bertz CT molecular complexity index is 446. The summed E-state index contributed by atoms with van der Waals surface area (Å²) in [6, 6.07) is 7.19. The molecule has 1 aromatic rings. The number of aliphatic carboxylic acids is 1. The van der Waals surface area contributed by atoms with Crippen LogP contribution in [0.4, 0.5) is 0 Å². The van der Waals surface area contributed by atoms with Gasteiger partial charge in [-0.25, -0.2) is 0 Å². The zero-order valence-corrected chi connectivity index (χ0v) is 12.5. The van der Waals surface area contributed by atoms with Crippen LogP contribution in [0.2, 0.25) is 0 Å². The number of rotatable bonds is 5. The first kappa shape index (κ1) is 14.9. The summed E-state index contributed by atoms with van der Waals surface area (Å²) in [5.41, 5.74) is 0.556. The number of halogens is 1. The molecule has 4 nitrogen and oxygen atoms in total. The van der Waals surface area contributed by atoms with Crippen molar-refractivity contribution in [3.63, 3.8) is 0 Å². The summed E-state index contributed by atoms with van der Waals surface area (Å²) in [5.74, 6) is -0.985. The number of nitrogens with zero attached hydrogens (tertiary/aromatic N) is 1. The first-order chi connectivity index (χ1) is 8.41. The van der Waals surface area contributed by atoms with Gasteiger partial charge in [0.2, 0.25) is 0 Å². The molecule has 0 radical (unpaired) electrons. The zero-order chi connectivity index (χ0) is 13.7. The smallest absolute Gasteiger partial charge is 0.323 e. The predicted octanol–water partition coefficient (Wildman–Crippen LogP) is 2.47. The Hall–Kier alpha value is -1.11. The fraction of sp³-hybridized carbons (Fsp3) is 0.385. The topological polar surface area (TPSA) is 57.6 Å². The molecule has 0 heterocycles.